The van der Waals surface area contributed by atoms with Crippen molar-refractivity contribution >= 4 is 17.9 Å². The molecule has 1 aliphatic heterocycles. The molecule has 3 unspecified atom stereocenters. The van der Waals surface area contributed by atoms with Gasteiger partial charge in [-0.1, -0.05) is 0 Å². The molecule has 0 aliphatic carbocycles. The molecule has 1 aliphatic rings. The molecule has 3 amide bonds. The molecular weight excluding hydrogens is 242 g/mol. The summed E-state index contributed by atoms with van der Waals surface area (Å²) in [4.78, 5) is 35.3. The van der Waals surface area contributed by atoms with Crippen molar-refractivity contribution in [1.29, 1.82) is 0 Å². The first-order valence-corrected chi connectivity index (χ1v) is 5.60. The van der Waals surface area contributed by atoms with Crippen LogP contribution in [-0.4, -0.2) is 64.3 Å². The molecule has 18 heavy (non-hydrogen) atoms. The number of carbonyl (C=O) groups is 3. The van der Waals surface area contributed by atoms with Crippen molar-refractivity contribution in [2.45, 2.75) is 32.0 Å². The van der Waals surface area contributed by atoms with Gasteiger partial charge in [-0.3, -0.25) is 4.79 Å². The molecule has 0 aromatic rings. The predicted octanol–water partition coefficient (Wildman–Crippen LogP) is -1.65. The number of amides is 3. The monoisotopic (exact) mass is 259 g/mol. The lowest BCUT2D eigenvalue weighted by atomic mass is 10.2. The second-order valence-electron chi connectivity index (χ2n) is 4.17. The minimum absolute atomic E-state index is 0.291. The van der Waals surface area contributed by atoms with Crippen LogP contribution in [0.2, 0.25) is 0 Å². The van der Waals surface area contributed by atoms with Crippen molar-refractivity contribution in [1.82, 2.24) is 15.5 Å². The summed E-state index contributed by atoms with van der Waals surface area (Å²) in [6.45, 7) is 3.44. The lowest BCUT2D eigenvalue weighted by molar-refractivity contribution is -0.141. The van der Waals surface area contributed by atoms with Gasteiger partial charge in [0.15, 0.2) is 6.04 Å². The molecule has 0 aromatic carbocycles. The van der Waals surface area contributed by atoms with E-state index < -0.39 is 30.2 Å². The van der Waals surface area contributed by atoms with Crippen molar-refractivity contribution in [2.75, 3.05) is 13.1 Å². The third-order valence-electron chi connectivity index (χ3n) is 2.79. The predicted molar refractivity (Wildman–Crippen MR) is 60.8 cm³/mol. The molecule has 0 saturated carbocycles. The van der Waals surface area contributed by atoms with Crippen LogP contribution in [-0.2, 0) is 9.59 Å². The molecule has 0 spiro atoms. The SMILES string of the molecule is CC(O)C(NC(=O)N1CCNC(=O)C1C)C(=O)O. The van der Waals surface area contributed by atoms with Gasteiger partial charge in [0, 0.05) is 13.1 Å². The normalized spacial score (nSPS) is 22.9. The van der Waals surface area contributed by atoms with Crippen LogP contribution >= 0.6 is 0 Å². The van der Waals surface area contributed by atoms with E-state index in [0.29, 0.717) is 13.1 Å². The van der Waals surface area contributed by atoms with Crippen molar-refractivity contribution < 1.29 is 24.6 Å². The summed E-state index contributed by atoms with van der Waals surface area (Å²) < 4.78 is 0. The Hall–Kier alpha value is -1.83. The van der Waals surface area contributed by atoms with Crippen molar-refractivity contribution in [3.05, 3.63) is 0 Å². The van der Waals surface area contributed by atoms with Gasteiger partial charge in [0.2, 0.25) is 5.91 Å². The Labute approximate surface area is 104 Å². The van der Waals surface area contributed by atoms with E-state index in [1.807, 2.05) is 0 Å². The van der Waals surface area contributed by atoms with Crippen LogP contribution in [0.25, 0.3) is 0 Å². The largest absolute Gasteiger partial charge is 0.480 e. The third-order valence-corrected chi connectivity index (χ3v) is 2.79. The number of aliphatic hydroxyl groups is 1. The first-order chi connectivity index (χ1) is 8.34. The molecular formula is C10H17N3O5. The van der Waals surface area contributed by atoms with Crippen LogP contribution in [0, 0.1) is 0 Å². The molecule has 1 fully saturated rings. The fraction of sp³-hybridized carbons (Fsp3) is 0.700. The van der Waals surface area contributed by atoms with Gasteiger partial charge in [0.05, 0.1) is 6.10 Å². The number of urea groups is 1. The molecule has 1 saturated heterocycles. The number of rotatable bonds is 3. The van der Waals surface area contributed by atoms with Gasteiger partial charge >= 0.3 is 12.0 Å². The summed E-state index contributed by atoms with van der Waals surface area (Å²) in [7, 11) is 0. The molecule has 102 valence electrons. The van der Waals surface area contributed by atoms with Gasteiger partial charge in [-0.2, -0.15) is 0 Å². The van der Waals surface area contributed by atoms with E-state index in [0.717, 1.165) is 0 Å². The third kappa shape index (κ3) is 3.10. The van der Waals surface area contributed by atoms with E-state index in [-0.39, 0.29) is 5.91 Å². The van der Waals surface area contributed by atoms with Crippen molar-refractivity contribution in [3.63, 3.8) is 0 Å². The average Bonchev–Trinajstić information content (AvgIpc) is 2.28. The first-order valence-electron chi connectivity index (χ1n) is 5.60. The molecule has 0 bridgehead atoms. The zero-order valence-corrected chi connectivity index (χ0v) is 10.2. The summed E-state index contributed by atoms with van der Waals surface area (Å²) >= 11 is 0. The van der Waals surface area contributed by atoms with E-state index in [9.17, 15) is 19.5 Å². The second kappa shape index (κ2) is 5.67. The highest BCUT2D eigenvalue weighted by molar-refractivity contribution is 5.89. The molecule has 4 N–H and O–H groups in total. The number of aliphatic hydroxyl groups excluding tert-OH is 1. The highest BCUT2D eigenvalue weighted by Crippen LogP contribution is 2.05. The van der Waals surface area contributed by atoms with Gasteiger partial charge in [-0.15, -0.1) is 0 Å². The minimum atomic E-state index is -1.39. The Balaban J connectivity index is 2.69. The molecule has 1 heterocycles. The molecule has 3 atom stereocenters. The highest BCUT2D eigenvalue weighted by atomic mass is 16.4. The summed E-state index contributed by atoms with van der Waals surface area (Å²) in [5.74, 6) is -1.62. The number of hydrogen-bond acceptors (Lipinski definition) is 4. The van der Waals surface area contributed by atoms with Crippen LogP contribution < -0.4 is 10.6 Å². The van der Waals surface area contributed by atoms with Crippen LogP contribution in [0.15, 0.2) is 0 Å². The average molecular weight is 259 g/mol. The van der Waals surface area contributed by atoms with Gasteiger partial charge < -0.3 is 25.7 Å². The summed E-state index contributed by atoms with van der Waals surface area (Å²) in [5.41, 5.74) is 0. The van der Waals surface area contributed by atoms with Crippen LogP contribution in [0.4, 0.5) is 4.79 Å². The zero-order valence-electron chi connectivity index (χ0n) is 10.2. The summed E-state index contributed by atoms with van der Waals surface area (Å²) in [6, 6.07) is -2.73. The Morgan fingerprint density at radius 1 is 1.56 bits per heavy atom. The fourth-order valence-corrected chi connectivity index (χ4v) is 1.66. The fourth-order valence-electron chi connectivity index (χ4n) is 1.66. The molecule has 0 aromatic heterocycles. The topological polar surface area (TPSA) is 119 Å². The number of nitrogens with zero attached hydrogens (tertiary/aromatic N) is 1. The van der Waals surface area contributed by atoms with E-state index in [2.05, 4.69) is 10.6 Å². The highest BCUT2D eigenvalue weighted by Gasteiger charge is 2.33. The van der Waals surface area contributed by atoms with E-state index in [1.54, 1.807) is 6.92 Å². The Kier molecular flexibility index (Phi) is 4.49. The van der Waals surface area contributed by atoms with Gasteiger partial charge in [0.25, 0.3) is 0 Å². The number of hydrogen-bond donors (Lipinski definition) is 4. The van der Waals surface area contributed by atoms with E-state index >= 15 is 0 Å². The molecule has 8 heteroatoms. The summed E-state index contributed by atoms with van der Waals surface area (Å²) in [6.07, 6.45) is -1.22. The first kappa shape index (κ1) is 14.2. The zero-order chi connectivity index (χ0) is 13.9. The number of carboxylic acids is 1. The molecule has 0 radical (unpaired) electrons. The van der Waals surface area contributed by atoms with Gasteiger partial charge in [-0.05, 0) is 13.8 Å². The molecule has 8 nitrogen and oxygen atoms in total. The number of piperazine rings is 1. The lowest BCUT2D eigenvalue weighted by Gasteiger charge is -2.33. The second-order valence-corrected chi connectivity index (χ2v) is 4.17. The standard InChI is InChI=1S/C10H17N3O5/c1-5-8(15)11-3-4-13(5)10(18)12-7(6(2)14)9(16)17/h5-7,14H,3-4H2,1-2H3,(H,11,15)(H,12,18)(H,16,17). The van der Waals surface area contributed by atoms with Crippen LogP contribution in [0.1, 0.15) is 13.8 Å². The van der Waals surface area contributed by atoms with Gasteiger partial charge in [0.1, 0.15) is 6.04 Å². The maximum absolute atomic E-state index is 11.8. The number of nitrogens with one attached hydrogen (secondary N) is 2. The van der Waals surface area contributed by atoms with E-state index in [4.69, 9.17) is 5.11 Å². The maximum Gasteiger partial charge on any atom is 0.328 e. The quantitative estimate of drug-likeness (QED) is 0.484. The van der Waals surface area contributed by atoms with Crippen molar-refractivity contribution in [2.24, 2.45) is 0 Å². The van der Waals surface area contributed by atoms with Gasteiger partial charge in [-0.25, -0.2) is 9.59 Å². The van der Waals surface area contributed by atoms with Crippen LogP contribution in [0.3, 0.4) is 0 Å². The Morgan fingerprint density at radius 3 is 2.67 bits per heavy atom. The smallest absolute Gasteiger partial charge is 0.328 e. The minimum Gasteiger partial charge on any atom is -0.480 e. The lowest BCUT2D eigenvalue weighted by Crippen LogP contribution is -2.61. The van der Waals surface area contributed by atoms with Crippen LogP contribution in [0.5, 0.6) is 0 Å². The number of carbonyl (C=O) groups excluding carboxylic acids is 2. The Morgan fingerprint density at radius 2 is 2.17 bits per heavy atom. The molecule has 1 rings (SSSR count). The van der Waals surface area contributed by atoms with Crippen molar-refractivity contribution in [3.8, 4) is 0 Å². The summed E-state index contributed by atoms with van der Waals surface area (Å²) in [5, 5.41) is 22.9. The number of carboxylic acid groups (broad SMARTS) is 1. The Bertz CT molecular complexity index is 357. The van der Waals surface area contributed by atoms with E-state index in [1.165, 1.54) is 11.8 Å². The maximum atomic E-state index is 11.8. The number of aliphatic carboxylic acids is 1.